The zero-order valence-corrected chi connectivity index (χ0v) is 10.7. The van der Waals surface area contributed by atoms with Gasteiger partial charge < -0.3 is 10.4 Å². The number of carbonyl (C=O) groups is 2. The van der Waals surface area contributed by atoms with Crippen molar-refractivity contribution < 1.29 is 23.5 Å². The molecule has 1 unspecified atom stereocenters. The van der Waals surface area contributed by atoms with Gasteiger partial charge in [0.2, 0.25) is 0 Å². The summed E-state index contributed by atoms with van der Waals surface area (Å²) in [5, 5.41) is 11.3. The Morgan fingerprint density at radius 1 is 1.00 bits per heavy atom. The molecule has 0 saturated carbocycles. The molecule has 0 saturated heterocycles. The van der Waals surface area contributed by atoms with Crippen LogP contribution in [-0.2, 0) is 4.79 Å². The van der Waals surface area contributed by atoms with Crippen LogP contribution in [-0.4, -0.2) is 17.0 Å². The number of nitrogens with one attached hydrogen (secondary N) is 1. The Morgan fingerprint density at radius 3 is 2.29 bits per heavy atom. The molecule has 0 bridgehead atoms. The van der Waals surface area contributed by atoms with Gasteiger partial charge in [0.25, 0.3) is 5.91 Å². The van der Waals surface area contributed by atoms with Crippen LogP contribution < -0.4 is 5.32 Å². The predicted molar refractivity (Wildman–Crippen MR) is 70.6 cm³/mol. The number of carboxylic acid groups (broad SMARTS) is 1. The molecule has 4 nitrogen and oxygen atoms in total. The molecule has 0 heterocycles. The van der Waals surface area contributed by atoms with Crippen LogP contribution in [0, 0.1) is 11.6 Å². The minimum Gasteiger partial charge on any atom is -0.479 e. The molecule has 0 fully saturated rings. The summed E-state index contributed by atoms with van der Waals surface area (Å²) in [6, 6.07) is 9.72. The van der Waals surface area contributed by atoms with Gasteiger partial charge in [-0.15, -0.1) is 0 Å². The molecule has 2 rings (SSSR count). The fraction of sp³-hybridized carbons (Fsp3) is 0.0667. The summed E-state index contributed by atoms with van der Waals surface area (Å²) < 4.78 is 26.6. The Balaban J connectivity index is 2.28. The van der Waals surface area contributed by atoms with Gasteiger partial charge in [-0.3, -0.25) is 4.79 Å². The molecule has 0 aliphatic heterocycles. The number of hydrogen-bond donors (Lipinski definition) is 2. The molecule has 21 heavy (non-hydrogen) atoms. The van der Waals surface area contributed by atoms with Crippen LogP contribution in [0.1, 0.15) is 22.0 Å². The molecule has 108 valence electrons. The van der Waals surface area contributed by atoms with E-state index in [2.05, 4.69) is 5.32 Å². The molecule has 2 aromatic rings. The van der Waals surface area contributed by atoms with Crippen molar-refractivity contribution >= 4 is 11.9 Å². The average Bonchev–Trinajstić information content (AvgIpc) is 2.48. The van der Waals surface area contributed by atoms with Crippen LogP contribution in [0.15, 0.2) is 48.5 Å². The fourth-order valence-electron chi connectivity index (χ4n) is 1.82. The first kappa shape index (κ1) is 14.6. The van der Waals surface area contributed by atoms with Crippen molar-refractivity contribution in [1.29, 1.82) is 0 Å². The van der Waals surface area contributed by atoms with Crippen molar-refractivity contribution in [3.8, 4) is 0 Å². The zero-order valence-electron chi connectivity index (χ0n) is 10.7. The van der Waals surface area contributed by atoms with E-state index in [1.165, 1.54) is 18.2 Å². The molecule has 1 amide bonds. The Bertz CT molecular complexity index is 674. The smallest absolute Gasteiger partial charge is 0.330 e. The maximum absolute atomic E-state index is 13.5. The highest BCUT2D eigenvalue weighted by molar-refractivity contribution is 5.97. The minimum absolute atomic E-state index is 0.329. The second-order valence-electron chi connectivity index (χ2n) is 4.26. The second-order valence-corrected chi connectivity index (χ2v) is 4.26. The maximum atomic E-state index is 13.5. The molecule has 0 aliphatic carbocycles. The Hall–Kier alpha value is -2.76. The maximum Gasteiger partial charge on any atom is 0.330 e. The summed E-state index contributed by atoms with van der Waals surface area (Å²) in [5.41, 5.74) is -0.215. The van der Waals surface area contributed by atoms with E-state index in [9.17, 15) is 18.4 Å². The Morgan fingerprint density at radius 2 is 1.67 bits per heavy atom. The van der Waals surface area contributed by atoms with Crippen LogP contribution in [0.5, 0.6) is 0 Å². The van der Waals surface area contributed by atoms with Gasteiger partial charge in [0, 0.05) is 0 Å². The monoisotopic (exact) mass is 291 g/mol. The summed E-state index contributed by atoms with van der Waals surface area (Å²) >= 11 is 0. The molecule has 0 radical (unpaired) electrons. The van der Waals surface area contributed by atoms with E-state index >= 15 is 0 Å². The minimum atomic E-state index is -1.35. The van der Waals surface area contributed by atoms with E-state index in [0.29, 0.717) is 5.56 Å². The average molecular weight is 291 g/mol. The third kappa shape index (κ3) is 3.22. The first-order valence-corrected chi connectivity index (χ1v) is 6.03. The Kier molecular flexibility index (Phi) is 4.27. The predicted octanol–water partition coefficient (Wildman–Crippen LogP) is 2.52. The first-order chi connectivity index (χ1) is 10.0. The van der Waals surface area contributed by atoms with Gasteiger partial charge in [-0.1, -0.05) is 36.4 Å². The van der Waals surface area contributed by atoms with E-state index in [1.807, 2.05) is 0 Å². The number of hydrogen-bond acceptors (Lipinski definition) is 2. The number of halogens is 2. The second kappa shape index (κ2) is 6.13. The van der Waals surface area contributed by atoms with E-state index < -0.39 is 35.1 Å². The van der Waals surface area contributed by atoms with Gasteiger partial charge in [0.1, 0.15) is 0 Å². The van der Waals surface area contributed by atoms with Gasteiger partial charge in [-0.2, -0.15) is 0 Å². The molecule has 6 heteroatoms. The number of carboxylic acids is 1. The molecule has 1 atom stereocenters. The lowest BCUT2D eigenvalue weighted by atomic mass is 10.1. The molecule has 0 spiro atoms. The lowest BCUT2D eigenvalue weighted by Gasteiger charge is -2.15. The van der Waals surface area contributed by atoms with E-state index in [-0.39, 0.29) is 0 Å². The Labute approximate surface area is 119 Å². The van der Waals surface area contributed by atoms with Crippen LogP contribution in [0.25, 0.3) is 0 Å². The largest absolute Gasteiger partial charge is 0.479 e. The number of rotatable bonds is 4. The van der Waals surface area contributed by atoms with Crippen molar-refractivity contribution in [2.45, 2.75) is 6.04 Å². The van der Waals surface area contributed by atoms with Crippen LogP contribution in [0.3, 0.4) is 0 Å². The van der Waals surface area contributed by atoms with Crippen LogP contribution >= 0.6 is 0 Å². The summed E-state index contributed by atoms with van der Waals surface area (Å²) in [6.45, 7) is 0. The van der Waals surface area contributed by atoms with Crippen molar-refractivity contribution in [2.75, 3.05) is 0 Å². The van der Waals surface area contributed by atoms with Crippen LogP contribution in [0.2, 0.25) is 0 Å². The molecular formula is C15H11F2NO3. The number of benzene rings is 2. The number of aliphatic carboxylic acids is 1. The lowest BCUT2D eigenvalue weighted by molar-refractivity contribution is -0.139. The molecule has 2 aromatic carbocycles. The van der Waals surface area contributed by atoms with Gasteiger partial charge >= 0.3 is 5.97 Å². The van der Waals surface area contributed by atoms with Crippen molar-refractivity contribution in [1.82, 2.24) is 5.32 Å². The summed E-state index contributed by atoms with van der Waals surface area (Å²) in [6.07, 6.45) is 0. The third-order valence-corrected chi connectivity index (χ3v) is 2.85. The zero-order chi connectivity index (χ0) is 15.4. The summed E-state index contributed by atoms with van der Waals surface area (Å²) in [5.74, 6) is -4.78. The highest BCUT2D eigenvalue weighted by atomic mass is 19.2. The molecule has 0 aromatic heterocycles. The highest BCUT2D eigenvalue weighted by Gasteiger charge is 2.24. The van der Waals surface area contributed by atoms with Gasteiger partial charge in [-0.25, -0.2) is 13.6 Å². The highest BCUT2D eigenvalue weighted by Crippen LogP contribution is 2.16. The summed E-state index contributed by atoms with van der Waals surface area (Å²) in [7, 11) is 0. The van der Waals surface area contributed by atoms with Crippen LogP contribution in [0.4, 0.5) is 8.78 Å². The van der Waals surface area contributed by atoms with E-state index in [0.717, 1.165) is 12.1 Å². The molecule has 0 aliphatic rings. The number of amides is 1. The van der Waals surface area contributed by atoms with E-state index in [4.69, 9.17) is 5.11 Å². The normalized spacial score (nSPS) is 11.7. The quantitative estimate of drug-likeness (QED) is 0.909. The molecular weight excluding hydrogens is 280 g/mol. The SMILES string of the molecule is O=C(NC(C(=O)O)c1ccccc1)c1cccc(F)c1F. The lowest BCUT2D eigenvalue weighted by Crippen LogP contribution is -2.34. The van der Waals surface area contributed by atoms with Crippen molar-refractivity contribution in [3.05, 3.63) is 71.3 Å². The van der Waals surface area contributed by atoms with Gasteiger partial charge in [0.05, 0.1) is 5.56 Å². The third-order valence-electron chi connectivity index (χ3n) is 2.85. The van der Waals surface area contributed by atoms with Gasteiger partial charge in [-0.05, 0) is 17.7 Å². The topological polar surface area (TPSA) is 66.4 Å². The van der Waals surface area contributed by atoms with E-state index in [1.54, 1.807) is 18.2 Å². The number of carbonyl (C=O) groups excluding carboxylic acids is 1. The standard InChI is InChI=1S/C15H11F2NO3/c16-11-8-4-7-10(12(11)17)14(19)18-13(15(20)21)9-5-2-1-3-6-9/h1-8,13H,(H,18,19)(H,20,21). The summed E-state index contributed by atoms with van der Waals surface area (Å²) in [4.78, 5) is 23.2. The van der Waals surface area contributed by atoms with Crippen molar-refractivity contribution in [3.63, 3.8) is 0 Å². The molecule has 2 N–H and O–H groups in total. The van der Waals surface area contributed by atoms with Crippen molar-refractivity contribution in [2.24, 2.45) is 0 Å². The fourth-order valence-corrected chi connectivity index (χ4v) is 1.82. The first-order valence-electron chi connectivity index (χ1n) is 6.03. The van der Waals surface area contributed by atoms with Gasteiger partial charge in [0.15, 0.2) is 17.7 Å².